The summed E-state index contributed by atoms with van der Waals surface area (Å²) in [5, 5.41) is 0. The van der Waals surface area contributed by atoms with Gasteiger partial charge in [0.15, 0.2) is 0 Å². The van der Waals surface area contributed by atoms with Crippen molar-refractivity contribution in [3.8, 4) is 0 Å². The maximum absolute atomic E-state index is 13.8. The van der Waals surface area contributed by atoms with Crippen LogP contribution < -0.4 is 10.6 Å². The number of benzene rings is 2. The molecule has 7 heteroatoms. The monoisotopic (exact) mass is 464 g/mol. The highest BCUT2D eigenvalue weighted by Gasteiger charge is 2.34. The van der Waals surface area contributed by atoms with Crippen molar-refractivity contribution >= 4 is 22.8 Å². The van der Waals surface area contributed by atoms with Gasteiger partial charge in [-0.15, -0.1) is 0 Å². The standard InChI is InChI=1S/C27H33FN4O2/c1-18(34-27(29)33)23(31-15-14-20-16-21(28)10-11-25(20)31)12-13-24(19-6-2-3-7-19)32-17-30-22-8-4-5-9-26(22)32/h4-5,8-11,16-19,23-24H,2-3,6-7,12-15H2,1H3,(H2,29,33)/t18?,23-,24+/m1/s1. The van der Waals surface area contributed by atoms with Gasteiger partial charge in [-0.05, 0) is 80.8 Å². The summed E-state index contributed by atoms with van der Waals surface area (Å²) < 4.78 is 21.7. The zero-order valence-corrected chi connectivity index (χ0v) is 19.7. The average Bonchev–Trinajstić information content (AvgIpc) is 3.56. The van der Waals surface area contributed by atoms with Crippen molar-refractivity contribution in [2.45, 2.75) is 70.1 Å². The molecule has 34 heavy (non-hydrogen) atoms. The third-order valence-electron chi connectivity index (χ3n) is 7.76. The number of hydrogen-bond acceptors (Lipinski definition) is 4. The van der Waals surface area contributed by atoms with E-state index in [0.29, 0.717) is 12.0 Å². The van der Waals surface area contributed by atoms with E-state index in [9.17, 15) is 9.18 Å². The Labute approximate surface area is 199 Å². The number of amides is 1. The van der Waals surface area contributed by atoms with Crippen molar-refractivity contribution in [2.24, 2.45) is 11.7 Å². The molecule has 1 aromatic heterocycles. The van der Waals surface area contributed by atoms with Crippen LogP contribution in [0.4, 0.5) is 14.9 Å². The second-order valence-electron chi connectivity index (χ2n) is 9.76. The number of imidazole rings is 1. The Morgan fingerprint density at radius 1 is 1.21 bits per heavy atom. The highest BCUT2D eigenvalue weighted by molar-refractivity contribution is 5.75. The number of nitrogens with zero attached hydrogens (tertiary/aromatic N) is 3. The van der Waals surface area contributed by atoms with E-state index < -0.39 is 6.09 Å². The lowest BCUT2D eigenvalue weighted by molar-refractivity contribution is 0.0947. The van der Waals surface area contributed by atoms with Crippen LogP contribution in [0.2, 0.25) is 0 Å². The molecule has 2 heterocycles. The number of aromatic nitrogens is 2. The highest BCUT2D eigenvalue weighted by atomic mass is 19.1. The van der Waals surface area contributed by atoms with Gasteiger partial charge in [-0.3, -0.25) is 0 Å². The molecular formula is C27H33FN4O2. The van der Waals surface area contributed by atoms with Gasteiger partial charge in [0.1, 0.15) is 11.9 Å². The Balaban J connectivity index is 1.43. The minimum Gasteiger partial charge on any atom is -0.445 e. The summed E-state index contributed by atoms with van der Waals surface area (Å²) in [6, 6.07) is 13.5. The molecule has 1 amide bonds. The van der Waals surface area contributed by atoms with E-state index in [1.165, 1.54) is 37.3 Å². The minimum absolute atomic E-state index is 0.0436. The summed E-state index contributed by atoms with van der Waals surface area (Å²) in [5.74, 6) is 0.387. The quantitative estimate of drug-likeness (QED) is 0.471. The van der Waals surface area contributed by atoms with E-state index in [2.05, 4.69) is 32.7 Å². The Kier molecular flexibility index (Phi) is 6.44. The van der Waals surface area contributed by atoms with Gasteiger partial charge in [0.05, 0.1) is 23.4 Å². The van der Waals surface area contributed by atoms with Crippen molar-refractivity contribution in [2.75, 3.05) is 11.4 Å². The molecule has 0 radical (unpaired) electrons. The molecule has 180 valence electrons. The first kappa shape index (κ1) is 22.7. The van der Waals surface area contributed by atoms with Gasteiger partial charge >= 0.3 is 6.09 Å². The minimum atomic E-state index is -0.760. The molecule has 2 N–H and O–H groups in total. The maximum atomic E-state index is 13.8. The van der Waals surface area contributed by atoms with Crippen LogP contribution in [0.1, 0.15) is 57.1 Å². The first-order valence-electron chi connectivity index (χ1n) is 12.4. The fourth-order valence-corrected chi connectivity index (χ4v) is 6.17. The van der Waals surface area contributed by atoms with Crippen molar-refractivity contribution in [1.29, 1.82) is 0 Å². The number of rotatable bonds is 8. The van der Waals surface area contributed by atoms with Crippen LogP contribution in [0.3, 0.4) is 0 Å². The first-order valence-corrected chi connectivity index (χ1v) is 12.4. The summed E-state index contributed by atoms with van der Waals surface area (Å²) in [6.45, 7) is 2.69. The van der Waals surface area contributed by atoms with Gasteiger partial charge < -0.3 is 19.9 Å². The van der Waals surface area contributed by atoms with Crippen LogP contribution in [-0.2, 0) is 11.2 Å². The summed E-state index contributed by atoms with van der Waals surface area (Å²) in [5.41, 5.74) is 9.61. The third kappa shape index (κ3) is 4.48. The van der Waals surface area contributed by atoms with E-state index in [1.807, 2.05) is 25.4 Å². The number of ether oxygens (including phenoxy) is 1. The normalized spacial score (nSPS) is 18.7. The second kappa shape index (κ2) is 9.65. The lowest BCUT2D eigenvalue weighted by Gasteiger charge is -2.36. The number of hydrogen-bond donors (Lipinski definition) is 1. The summed E-state index contributed by atoms with van der Waals surface area (Å²) in [4.78, 5) is 18.6. The molecule has 1 saturated carbocycles. The fourth-order valence-electron chi connectivity index (χ4n) is 6.17. The molecule has 1 aliphatic carbocycles. The molecule has 1 aliphatic heterocycles. The average molecular weight is 465 g/mol. The third-order valence-corrected chi connectivity index (χ3v) is 7.76. The molecule has 0 spiro atoms. The largest absolute Gasteiger partial charge is 0.445 e. The van der Waals surface area contributed by atoms with Crippen molar-refractivity contribution in [3.05, 3.63) is 60.2 Å². The van der Waals surface area contributed by atoms with Crippen LogP contribution in [0.15, 0.2) is 48.8 Å². The number of primary amides is 1. The number of para-hydroxylation sites is 2. The van der Waals surface area contributed by atoms with Gasteiger partial charge in [0.2, 0.25) is 0 Å². The lowest BCUT2D eigenvalue weighted by Crippen LogP contribution is -2.44. The Morgan fingerprint density at radius 3 is 2.79 bits per heavy atom. The molecule has 0 saturated heterocycles. The van der Waals surface area contributed by atoms with E-state index >= 15 is 0 Å². The fraction of sp³-hybridized carbons (Fsp3) is 0.481. The molecule has 3 aromatic rings. The number of carbonyl (C=O) groups is 1. The molecule has 6 nitrogen and oxygen atoms in total. The number of carbonyl (C=O) groups excluding carboxylic acids is 1. The predicted octanol–water partition coefficient (Wildman–Crippen LogP) is 5.60. The van der Waals surface area contributed by atoms with Gasteiger partial charge in [0.25, 0.3) is 0 Å². The zero-order chi connectivity index (χ0) is 23.7. The molecule has 5 rings (SSSR count). The molecule has 2 aromatic carbocycles. The van der Waals surface area contributed by atoms with Crippen LogP contribution in [-0.4, -0.2) is 34.3 Å². The SMILES string of the molecule is CC(OC(N)=O)[C@@H](CC[C@@H](C1CCCC1)n1cnc2ccccc21)N1CCc2cc(F)ccc21. The molecule has 1 fully saturated rings. The molecule has 1 unspecified atom stereocenters. The number of halogens is 1. The molecule has 0 bridgehead atoms. The van der Waals surface area contributed by atoms with Crippen LogP contribution in [0.5, 0.6) is 0 Å². The number of anilines is 1. The smallest absolute Gasteiger partial charge is 0.404 e. The summed E-state index contributed by atoms with van der Waals surface area (Å²) in [7, 11) is 0. The van der Waals surface area contributed by atoms with E-state index in [0.717, 1.165) is 42.6 Å². The van der Waals surface area contributed by atoms with Gasteiger partial charge in [-0.1, -0.05) is 25.0 Å². The maximum Gasteiger partial charge on any atom is 0.404 e. The van der Waals surface area contributed by atoms with E-state index in [-0.39, 0.29) is 18.0 Å². The van der Waals surface area contributed by atoms with Gasteiger partial charge in [-0.2, -0.15) is 0 Å². The molecular weight excluding hydrogens is 431 g/mol. The van der Waals surface area contributed by atoms with Crippen LogP contribution in [0.25, 0.3) is 11.0 Å². The van der Waals surface area contributed by atoms with Crippen LogP contribution >= 0.6 is 0 Å². The summed E-state index contributed by atoms with van der Waals surface area (Å²) in [6.07, 6.45) is 8.38. The second-order valence-corrected chi connectivity index (χ2v) is 9.76. The Morgan fingerprint density at radius 2 is 2.00 bits per heavy atom. The van der Waals surface area contributed by atoms with E-state index in [4.69, 9.17) is 10.5 Å². The molecule has 3 atom stereocenters. The van der Waals surface area contributed by atoms with Crippen LogP contribution in [0, 0.1) is 11.7 Å². The molecule has 2 aliphatic rings. The van der Waals surface area contributed by atoms with Crippen molar-refractivity contribution in [1.82, 2.24) is 9.55 Å². The zero-order valence-electron chi connectivity index (χ0n) is 19.7. The summed E-state index contributed by atoms with van der Waals surface area (Å²) >= 11 is 0. The Bertz CT molecular complexity index is 1160. The van der Waals surface area contributed by atoms with Crippen molar-refractivity contribution < 1.29 is 13.9 Å². The lowest BCUT2D eigenvalue weighted by atomic mass is 9.90. The number of fused-ring (bicyclic) bond motifs is 2. The highest BCUT2D eigenvalue weighted by Crippen LogP contribution is 2.40. The predicted molar refractivity (Wildman–Crippen MR) is 131 cm³/mol. The van der Waals surface area contributed by atoms with Gasteiger partial charge in [-0.25, -0.2) is 14.2 Å². The number of nitrogens with two attached hydrogens (primary N) is 1. The topological polar surface area (TPSA) is 73.4 Å². The van der Waals surface area contributed by atoms with Crippen molar-refractivity contribution in [3.63, 3.8) is 0 Å². The Hall–Kier alpha value is -3.09. The first-order chi connectivity index (χ1) is 16.5. The van der Waals surface area contributed by atoms with E-state index in [1.54, 1.807) is 6.07 Å². The van der Waals surface area contributed by atoms with Gasteiger partial charge in [0, 0.05) is 18.3 Å².